The van der Waals surface area contributed by atoms with Gasteiger partial charge in [-0.3, -0.25) is 0 Å². The highest BCUT2D eigenvalue weighted by atomic mass is 19.1. The van der Waals surface area contributed by atoms with E-state index < -0.39 is 29.0 Å². The number of esters is 1. The Kier molecular flexibility index (Phi) is 5.55. The quantitative estimate of drug-likeness (QED) is 0.617. The van der Waals surface area contributed by atoms with Crippen LogP contribution in [0, 0.1) is 28.8 Å². The maximum atomic E-state index is 14.0. The van der Waals surface area contributed by atoms with E-state index in [0.29, 0.717) is 6.61 Å². The van der Waals surface area contributed by atoms with Crippen molar-refractivity contribution in [2.75, 3.05) is 6.61 Å². The number of halogens is 3. The molecule has 2 aromatic rings. The number of benzene rings is 2. The third-order valence-electron chi connectivity index (χ3n) is 3.05. The van der Waals surface area contributed by atoms with Crippen LogP contribution >= 0.6 is 0 Å². The summed E-state index contributed by atoms with van der Waals surface area (Å²) in [6.07, 6.45) is 0. The van der Waals surface area contributed by atoms with Gasteiger partial charge in [0.2, 0.25) is 0 Å². The van der Waals surface area contributed by atoms with Gasteiger partial charge in [-0.2, -0.15) is 5.26 Å². The van der Waals surface area contributed by atoms with Crippen molar-refractivity contribution in [3.63, 3.8) is 0 Å². The van der Waals surface area contributed by atoms with Crippen molar-refractivity contribution in [1.29, 1.82) is 5.26 Å². The maximum Gasteiger partial charge on any atom is 0.349 e. The molecular weight excluding hydrogens is 323 g/mol. The molecule has 0 aliphatic rings. The highest BCUT2D eigenvalue weighted by Gasteiger charge is 2.21. The van der Waals surface area contributed by atoms with Gasteiger partial charge in [-0.15, -0.1) is 0 Å². The lowest BCUT2D eigenvalue weighted by Gasteiger charge is -2.09. The van der Waals surface area contributed by atoms with E-state index in [2.05, 4.69) is 0 Å². The van der Waals surface area contributed by atoms with Gasteiger partial charge in [0.25, 0.3) is 0 Å². The van der Waals surface area contributed by atoms with E-state index in [1.54, 1.807) is 13.0 Å². The summed E-state index contributed by atoms with van der Waals surface area (Å²) in [6.45, 7) is 2.10. The molecule has 0 bridgehead atoms. The fourth-order valence-electron chi connectivity index (χ4n) is 1.93. The summed E-state index contributed by atoms with van der Waals surface area (Å²) in [5, 5.41) is 8.62. The number of hydrogen-bond donors (Lipinski definition) is 0. The van der Waals surface area contributed by atoms with Crippen LogP contribution in [0.4, 0.5) is 13.2 Å². The molecule has 0 saturated carbocycles. The highest BCUT2D eigenvalue weighted by molar-refractivity contribution is 5.91. The van der Waals surface area contributed by atoms with Crippen molar-refractivity contribution in [3.8, 4) is 11.8 Å². The first kappa shape index (κ1) is 17.5. The summed E-state index contributed by atoms with van der Waals surface area (Å²) < 4.78 is 51.2. The summed E-state index contributed by atoms with van der Waals surface area (Å²) in [7, 11) is 0. The Labute approximate surface area is 136 Å². The van der Waals surface area contributed by atoms with Crippen LogP contribution < -0.4 is 4.74 Å². The number of carbonyl (C=O) groups excluding carboxylic acids is 1. The minimum absolute atomic E-state index is 0.000497. The van der Waals surface area contributed by atoms with Gasteiger partial charge in [0.1, 0.15) is 34.8 Å². The first-order valence-corrected chi connectivity index (χ1v) is 6.93. The standard InChI is InChI=1S/C17H12F3NO3/c1-2-23-9-10-5-14(19)16(15(20)6-10)17(22)24-12-4-3-11(8-21)13(18)7-12/h3-7H,2,9H2,1H3. The topological polar surface area (TPSA) is 59.3 Å². The molecule has 124 valence electrons. The molecule has 7 heteroatoms. The van der Waals surface area contributed by atoms with E-state index in [1.807, 2.05) is 0 Å². The third-order valence-corrected chi connectivity index (χ3v) is 3.05. The largest absolute Gasteiger partial charge is 0.423 e. The van der Waals surface area contributed by atoms with E-state index in [1.165, 1.54) is 0 Å². The van der Waals surface area contributed by atoms with Crippen molar-refractivity contribution < 1.29 is 27.4 Å². The Hall–Kier alpha value is -2.85. The Morgan fingerprint density at radius 3 is 2.33 bits per heavy atom. The average molecular weight is 335 g/mol. The normalized spacial score (nSPS) is 10.3. The lowest BCUT2D eigenvalue weighted by Crippen LogP contribution is -2.14. The molecule has 0 radical (unpaired) electrons. The lowest BCUT2D eigenvalue weighted by molar-refractivity contribution is 0.0723. The van der Waals surface area contributed by atoms with Crippen LogP contribution in [0.1, 0.15) is 28.4 Å². The highest BCUT2D eigenvalue weighted by Crippen LogP contribution is 2.21. The molecule has 4 nitrogen and oxygen atoms in total. The predicted octanol–water partition coefficient (Wildman–Crippen LogP) is 3.73. The van der Waals surface area contributed by atoms with Gasteiger partial charge in [-0.25, -0.2) is 18.0 Å². The summed E-state index contributed by atoms with van der Waals surface area (Å²) in [6, 6.07) is 6.57. The van der Waals surface area contributed by atoms with Crippen molar-refractivity contribution in [2.45, 2.75) is 13.5 Å². The van der Waals surface area contributed by atoms with Crippen LogP contribution in [-0.4, -0.2) is 12.6 Å². The van der Waals surface area contributed by atoms with Crippen molar-refractivity contribution in [2.24, 2.45) is 0 Å². The fourth-order valence-corrected chi connectivity index (χ4v) is 1.93. The SMILES string of the molecule is CCOCc1cc(F)c(C(=O)Oc2ccc(C#N)c(F)c2)c(F)c1. The zero-order valence-corrected chi connectivity index (χ0v) is 12.6. The second-order valence-electron chi connectivity index (χ2n) is 4.71. The Bertz CT molecular complexity index is 792. The van der Waals surface area contributed by atoms with Crippen molar-refractivity contribution >= 4 is 5.97 Å². The van der Waals surface area contributed by atoms with Crippen LogP contribution in [0.2, 0.25) is 0 Å². The number of carbonyl (C=O) groups is 1. The van der Waals surface area contributed by atoms with Crippen molar-refractivity contribution in [1.82, 2.24) is 0 Å². The summed E-state index contributed by atoms with van der Waals surface area (Å²) in [5.74, 6) is -4.70. The van der Waals surface area contributed by atoms with Crippen molar-refractivity contribution in [3.05, 3.63) is 64.5 Å². The summed E-state index contributed by atoms with van der Waals surface area (Å²) in [4.78, 5) is 11.9. The third kappa shape index (κ3) is 3.91. The number of nitrogens with zero attached hydrogens (tertiary/aromatic N) is 1. The molecule has 0 spiro atoms. The second kappa shape index (κ2) is 7.62. The zero-order chi connectivity index (χ0) is 17.7. The van der Waals surface area contributed by atoms with Gasteiger partial charge in [-0.05, 0) is 36.8 Å². The minimum atomic E-state index is -1.31. The molecule has 24 heavy (non-hydrogen) atoms. The van der Waals surface area contributed by atoms with Gasteiger partial charge in [0.05, 0.1) is 12.2 Å². The van der Waals surface area contributed by atoms with Gasteiger partial charge >= 0.3 is 5.97 Å². The maximum absolute atomic E-state index is 14.0. The Morgan fingerprint density at radius 2 is 1.79 bits per heavy atom. The number of rotatable bonds is 5. The molecule has 0 aromatic heterocycles. The first-order chi connectivity index (χ1) is 11.5. The van der Waals surface area contributed by atoms with E-state index in [4.69, 9.17) is 14.7 Å². The molecule has 0 fully saturated rings. The molecule has 0 unspecified atom stereocenters. The van der Waals surface area contributed by atoms with Gasteiger partial charge in [-0.1, -0.05) is 0 Å². The second-order valence-corrected chi connectivity index (χ2v) is 4.71. The monoisotopic (exact) mass is 335 g/mol. The van der Waals surface area contributed by atoms with Gasteiger partial charge in [0.15, 0.2) is 0 Å². The summed E-state index contributed by atoms with van der Waals surface area (Å²) in [5.41, 5.74) is -0.903. The van der Waals surface area contributed by atoms with E-state index >= 15 is 0 Å². The molecule has 2 aromatic carbocycles. The molecule has 0 amide bonds. The molecule has 0 N–H and O–H groups in total. The van der Waals surface area contributed by atoms with E-state index in [0.717, 1.165) is 30.3 Å². The van der Waals surface area contributed by atoms with Gasteiger partial charge < -0.3 is 9.47 Å². The van der Waals surface area contributed by atoms with Crippen LogP contribution in [0.5, 0.6) is 5.75 Å². The molecule has 2 rings (SSSR count). The molecule has 0 aliphatic carbocycles. The van der Waals surface area contributed by atoms with E-state index in [9.17, 15) is 18.0 Å². The van der Waals surface area contributed by atoms with Crippen LogP contribution in [-0.2, 0) is 11.3 Å². The zero-order valence-electron chi connectivity index (χ0n) is 12.6. The molecule has 0 saturated heterocycles. The predicted molar refractivity (Wildman–Crippen MR) is 77.8 cm³/mol. The smallest absolute Gasteiger partial charge is 0.349 e. The minimum Gasteiger partial charge on any atom is -0.423 e. The molecule has 0 aliphatic heterocycles. The number of hydrogen-bond acceptors (Lipinski definition) is 4. The Balaban J connectivity index is 2.24. The van der Waals surface area contributed by atoms with Crippen LogP contribution in [0.25, 0.3) is 0 Å². The number of ether oxygens (including phenoxy) is 2. The summed E-state index contributed by atoms with van der Waals surface area (Å²) >= 11 is 0. The van der Waals surface area contributed by atoms with Crippen LogP contribution in [0.3, 0.4) is 0 Å². The molecule has 0 heterocycles. The first-order valence-electron chi connectivity index (χ1n) is 6.93. The Morgan fingerprint density at radius 1 is 1.12 bits per heavy atom. The average Bonchev–Trinajstić information content (AvgIpc) is 2.52. The van der Waals surface area contributed by atoms with E-state index in [-0.39, 0.29) is 23.5 Å². The molecule has 0 atom stereocenters. The molecular formula is C17H12F3NO3. The van der Waals surface area contributed by atoms with Crippen LogP contribution in [0.15, 0.2) is 30.3 Å². The fraction of sp³-hybridized carbons (Fsp3) is 0.176. The number of nitriles is 1. The van der Waals surface area contributed by atoms with Gasteiger partial charge in [0, 0.05) is 12.7 Å². The lowest BCUT2D eigenvalue weighted by atomic mass is 10.1.